The van der Waals surface area contributed by atoms with E-state index in [0.717, 1.165) is 23.6 Å². The third-order valence-electron chi connectivity index (χ3n) is 3.18. The molecule has 0 amide bonds. The zero-order valence-corrected chi connectivity index (χ0v) is 11.9. The molecule has 0 N–H and O–H groups in total. The molecule has 8 heteroatoms. The van der Waals surface area contributed by atoms with Crippen molar-refractivity contribution in [1.29, 1.82) is 0 Å². The monoisotopic (exact) mass is 300 g/mol. The van der Waals surface area contributed by atoms with Crippen molar-refractivity contribution in [3.8, 4) is 11.4 Å². The van der Waals surface area contributed by atoms with Crippen molar-refractivity contribution >= 4 is 11.8 Å². The molecule has 7 nitrogen and oxygen atoms in total. The van der Waals surface area contributed by atoms with Gasteiger partial charge in [-0.05, 0) is 23.3 Å². The predicted octanol–water partition coefficient (Wildman–Crippen LogP) is 2.35. The lowest BCUT2D eigenvalue weighted by Crippen LogP contribution is -1.98. The first-order valence-electron chi connectivity index (χ1n) is 6.69. The number of hydrogen-bond donors (Lipinski definition) is 0. The summed E-state index contributed by atoms with van der Waals surface area (Å²) in [6, 6.07) is 10.2. The van der Waals surface area contributed by atoms with Gasteiger partial charge >= 0.3 is 0 Å². The molecule has 1 fully saturated rings. The second-order valence-electron chi connectivity index (χ2n) is 4.80. The van der Waals surface area contributed by atoms with E-state index in [9.17, 15) is 0 Å². The number of tetrazole rings is 1. The fraction of sp³-hybridized carbons (Fsp3) is 0.308. The molecule has 1 aromatic carbocycles. The summed E-state index contributed by atoms with van der Waals surface area (Å²) in [5, 5.41) is 16.6. The minimum Gasteiger partial charge on any atom is -0.338 e. The summed E-state index contributed by atoms with van der Waals surface area (Å²) in [6.45, 7) is 0. The molecule has 4 rings (SSSR count). The van der Waals surface area contributed by atoms with Crippen molar-refractivity contribution in [3.63, 3.8) is 0 Å². The number of rotatable bonds is 5. The molecule has 2 aromatic heterocycles. The number of thioether (sulfide) groups is 1. The molecule has 1 aliphatic carbocycles. The van der Waals surface area contributed by atoms with E-state index in [1.807, 2.05) is 35.0 Å². The minimum absolute atomic E-state index is 0.463. The van der Waals surface area contributed by atoms with E-state index in [2.05, 4.69) is 25.7 Å². The summed E-state index contributed by atoms with van der Waals surface area (Å²) in [6.07, 6.45) is 2.30. The third kappa shape index (κ3) is 2.66. The van der Waals surface area contributed by atoms with Crippen molar-refractivity contribution in [2.24, 2.45) is 0 Å². The van der Waals surface area contributed by atoms with Crippen molar-refractivity contribution in [2.75, 3.05) is 0 Å². The van der Waals surface area contributed by atoms with Crippen LogP contribution in [-0.2, 0) is 5.75 Å². The van der Waals surface area contributed by atoms with E-state index in [1.54, 1.807) is 0 Å². The van der Waals surface area contributed by atoms with Crippen LogP contribution < -0.4 is 0 Å². The topological polar surface area (TPSA) is 82.5 Å². The average Bonchev–Trinajstić information content (AvgIpc) is 3.09. The lowest BCUT2D eigenvalue weighted by molar-refractivity contribution is 0.391. The maximum absolute atomic E-state index is 5.27. The molecule has 0 aliphatic heterocycles. The van der Waals surface area contributed by atoms with E-state index in [-0.39, 0.29) is 0 Å². The first-order valence-corrected chi connectivity index (χ1v) is 7.67. The standard InChI is InChI=1S/C13H12N6OS/c1-2-4-9(5-3-1)12-14-11(20-16-12)8-21-13-15-17-18-19(13)10-6-7-10/h1-5,10H,6-8H2. The van der Waals surface area contributed by atoms with E-state index in [0.29, 0.717) is 23.5 Å². The first kappa shape index (κ1) is 12.5. The molecule has 3 aromatic rings. The summed E-state index contributed by atoms with van der Waals surface area (Å²) in [5.74, 6) is 1.74. The summed E-state index contributed by atoms with van der Waals surface area (Å²) in [5.41, 5.74) is 0.945. The van der Waals surface area contributed by atoms with Gasteiger partial charge in [0.25, 0.3) is 0 Å². The number of hydrogen-bond acceptors (Lipinski definition) is 7. The third-order valence-corrected chi connectivity index (χ3v) is 4.10. The molecule has 0 bridgehead atoms. The Labute approximate surface area is 124 Å². The van der Waals surface area contributed by atoms with Crippen LogP contribution in [0.4, 0.5) is 0 Å². The fourth-order valence-electron chi connectivity index (χ4n) is 1.97. The van der Waals surface area contributed by atoms with Gasteiger partial charge in [-0.1, -0.05) is 47.3 Å². The Morgan fingerprint density at radius 2 is 2.10 bits per heavy atom. The fourth-order valence-corrected chi connectivity index (χ4v) is 2.75. The molecule has 0 saturated heterocycles. The van der Waals surface area contributed by atoms with Crippen LogP contribution in [0.25, 0.3) is 11.4 Å². The van der Waals surface area contributed by atoms with E-state index >= 15 is 0 Å². The Kier molecular flexibility index (Phi) is 3.15. The number of nitrogens with zero attached hydrogens (tertiary/aromatic N) is 6. The van der Waals surface area contributed by atoms with Crippen LogP contribution in [0.1, 0.15) is 24.8 Å². The summed E-state index contributed by atoms with van der Waals surface area (Å²) in [7, 11) is 0. The van der Waals surface area contributed by atoms with Crippen molar-refractivity contribution in [3.05, 3.63) is 36.2 Å². The lowest BCUT2D eigenvalue weighted by Gasteiger charge is -1.99. The van der Waals surface area contributed by atoms with E-state index in [1.165, 1.54) is 11.8 Å². The van der Waals surface area contributed by atoms with Gasteiger partial charge in [0.15, 0.2) is 0 Å². The highest BCUT2D eigenvalue weighted by Gasteiger charge is 2.28. The molecule has 0 unspecified atom stereocenters. The average molecular weight is 300 g/mol. The van der Waals surface area contributed by atoms with Gasteiger partial charge in [0, 0.05) is 5.56 Å². The molecule has 106 valence electrons. The summed E-state index contributed by atoms with van der Waals surface area (Å²) in [4.78, 5) is 4.39. The van der Waals surface area contributed by atoms with Crippen molar-refractivity contribution in [1.82, 2.24) is 30.3 Å². The second kappa shape index (κ2) is 5.28. The second-order valence-corrected chi connectivity index (χ2v) is 5.75. The van der Waals surface area contributed by atoms with Crippen LogP contribution in [0.3, 0.4) is 0 Å². The number of benzene rings is 1. The van der Waals surface area contributed by atoms with Crippen molar-refractivity contribution < 1.29 is 4.52 Å². The molecular weight excluding hydrogens is 288 g/mol. The Morgan fingerprint density at radius 3 is 2.90 bits per heavy atom. The molecule has 0 atom stereocenters. The van der Waals surface area contributed by atoms with Gasteiger partial charge in [-0.3, -0.25) is 0 Å². The van der Waals surface area contributed by atoms with Gasteiger partial charge in [-0.25, -0.2) is 4.68 Å². The van der Waals surface area contributed by atoms with Gasteiger partial charge in [0.1, 0.15) is 0 Å². The largest absolute Gasteiger partial charge is 0.338 e. The molecule has 2 heterocycles. The van der Waals surface area contributed by atoms with E-state index in [4.69, 9.17) is 4.52 Å². The quantitative estimate of drug-likeness (QED) is 0.669. The Hall–Kier alpha value is -2.22. The Balaban J connectivity index is 1.46. The van der Waals surface area contributed by atoms with Crippen LogP contribution in [-0.4, -0.2) is 30.3 Å². The van der Waals surface area contributed by atoms with Gasteiger partial charge in [-0.2, -0.15) is 4.98 Å². The molecular formula is C13H12N6OS. The van der Waals surface area contributed by atoms with Gasteiger partial charge in [-0.15, -0.1) is 5.10 Å². The normalized spacial score (nSPS) is 14.5. The number of aromatic nitrogens is 6. The highest BCUT2D eigenvalue weighted by atomic mass is 32.2. The Morgan fingerprint density at radius 1 is 1.24 bits per heavy atom. The maximum Gasteiger partial charge on any atom is 0.237 e. The van der Waals surface area contributed by atoms with Crippen LogP contribution in [0.5, 0.6) is 0 Å². The van der Waals surface area contributed by atoms with E-state index < -0.39 is 0 Å². The summed E-state index contributed by atoms with van der Waals surface area (Å²) >= 11 is 1.51. The Bertz CT molecular complexity index is 736. The molecule has 21 heavy (non-hydrogen) atoms. The SMILES string of the molecule is c1ccc(-c2noc(CSc3nnnn3C3CC3)n2)cc1. The first-order chi connectivity index (χ1) is 10.4. The highest BCUT2D eigenvalue weighted by molar-refractivity contribution is 7.98. The van der Waals surface area contributed by atoms with Crippen LogP contribution in [0.2, 0.25) is 0 Å². The van der Waals surface area contributed by atoms with Gasteiger partial charge < -0.3 is 4.52 Å². The van der Waals surface area contributed by atoms with Crippen LogP contribution in [0.15, 0.2) is 40.0 Å². The van der Waals surface area contributed by atoms with Crippen molar-refractivity contribution in [2.45, 2.75) is 29.8 Å². The van der Waals surface area contributed by atoms with Gasteiger partial charge in [0.05, 0.1) is 11.8 Å². The highest BCUT2D eigenvalue weighted by Crippen LogP contribution is 2.36. The summed E-state index contributed by atoms with van der Waals surface area (Å²) < 4.78 is 7.15. The van der Waals surface area contributed by atoms with Crippen LogP contribution >= 0.6 is 11.8 Å². The lowest BCUT2D eigenvalue weighted by atomic mass is 10.2. The molecule has 0 spiro atoms. The zero-order chi connectivity index (χ0) is 14.1. The van der Waals surface area contributed by atoms with Gasteiger partial charge in [0.2, 0.25) is 16.9 Å². The molecule has 0 radical (unpaired) electrons. The smallest absolute Gasteiger partial charge is 0.237 e. The predicted molar refractivity (Wildman–Crippen MR) is 75.4 cm³/mol. The minimum atomic E-state index is 0.463. The molecule has 1 aliphatic rings. The zero-order valence-electron chi connectivity index (χ0n) is 11.1. The van der Waals surface area contributed by atoms with Crippen LogP contribution in [0, 0.1) is 0 Å². The molecule has 1 saturated carbocycles. The maximum atomic E-state index is 5.27.